The molecule has 2 aromatic carbocycles. The smallest absolute Gasteiger partial charge is 0.417 e. The van der Waals surface area contributed by atoms with Crippen LogP contribution in [0.2, 0.25) is 0 Å². The van der Waals surface area contributed by atoms with Crippen molar-refractivity contribution in [2.45, 2.75) is 25.4 Å². The number of fused-ring (bicyclic) bond motifs is 1. The lowest BCUT2D eigenvalue weighted by atomic mass is 10.1. The Morgan fingerprint density at radius 2 is 1.80 bits per heavy atom. The molecule has 0 aliphatic carbocycles. The summed E-state index contributed by atoms with van der Waals surface area (Å²) in [6.45, 7) is 3.97. The highest BCUT2D eigenvalue weighted by Crippen LogP contribution is 2.33. The van der Waals surface area contributed by atoms with Crippen molar-refractivity contribution in [2.24, 2.45) is 0 Å². The van der Waals surface area contributed by atoms with E-state index in [1.54, 1.807) is 24.3 Å². The number of alkyl halides is 3. The molecule has 1 N–H and O–H groups in total. The Hall–Kier alpha value is -2.87. The van der Waals surface area contributed by atoms with Gasteiger partial charge < -0.3 is 14.6 Å². The zero-order chi connectivity index (χ0) is 21.1. The molecule has 30 heavy (non-hydrogen) atoms. The summed E-state index contributed by atoms with van der Waals surface area (Å²) >= 11 is 0. The molecule has 1 fully saturated rings. The van der Waals surface area contributed by atoms with E-state index >= 15 is 0 Å². The second-order valence-electron chi connectivity index (χ2n) is 7.39. The molecule has 0 saturated carbocycles. The largest absolute Gasteiger partial charge is 0.494 e. The zero-order valence-electron chi connectivity index (χ0n) is 16.3. The fraction of sp³-hybridized carbons (Fsp3) is 0.364. The number of rotatable bonds is 6. The standard InChI is InChI=1S/C22H22F3N3O2/c23-22(24,25)17-5-3-6-18-19(17)21(29)27-20(26-18)15-7-9-16(10-8-15)30-14-4-13-28-11-1-2-12-28/h3,5-10H,1-2,4,11-14H2,(H,26,27,29). The van der Waals surface area contributed by atoms with Gasteiger partial charge in [-0.25, -0.2) is 4.98 Å². The minimum absolute atomic E-state index is 0.00538. The number of benzene rings is 2. The molecule has 0 spiro atoms. The number of likely N-dealkylation sites (tertiary alicyclic amines) is 1. The van der Waals surface area contributed by atoms with E-state index in [4.69, 9.17) is 4.74 Å². The minimum atomic E-state index is -4.62. The average Bonchev–Trinajstić information content (AvgIpc) is 3.24. The Morgan fingerprint density at radius 3 is 2.50 bits per heavy atom. The van der Waals surface area contributed by atoms with Crippen LogP contribution in [-0.2, 0) is 6.18 Å². The number of aromatic nitrogens is 2. The third-order valence-corrected chi connectivity index (χ3v) is 5.25. The van der Waals surface area contributed by atoms with Crippen LogP contribution in [0.1, 0.15) is 24.8 Å². The molecule has 1 saturated heterocycles. The number of hydrogen-bond acceptors (Lipinski definition) is 4. The maximum atomic E-state index is 13.2. The lowest BCUT2D eigenvalue weighted by molar-refractivity contribution is -0.136. The highest BCUT2D eigenvalue weighted by Gasteiger charge is 2.33. The summed E-state index contributed by atoms with van der Waals surface area (Å²) in [7, 11) is 0. The predicted octanol–water partition coefficient (Wildman–Crippen LogP) is 4.47. The summed E-state index contributed by atoms with van der Waals surface area (Å²) in [6, 6.07) is 10.5. The minimum Gasteiger partial charge on any atom is -0.494 e. The lowest BCUT2D eigenvalue weighted by Crippen LogP contribution is -2.21. The fourth-order valence-electron chi connectivity index (χ4n) is 3.76. The van der Waals surface area contributed by atoms with Crippen molar-refractivity contribution in [1.29, 1.82) is 0 Å². The second kappa shape index (κ2) is 8.47. The van der Waals surface area contributed by atoms with E-state index in [0.717, 1.165) is 32.1 Å². The van der Waals surface area contributed by atoms with Gasteiger partial charge in [-0.3, -0.25) is 4.79 Å². The molecule has 0 radical (unpaired) electrons. The molecule has 3 aromatic rings. The molecular weight excluding hydrogens is 395 g/mol. The van der Waals surface area contributed by atoms with Crippen molar-refractivity contribution in [3.63, 3.8) is 0 Å². The third kappa shape index (κ3) is 4.48. The molecule has 0 bridgehead atoms. The number of nitrogens with zero attached hydrogens (tertiary/aromatic N) is 2. The van der Waals surface area contributed by atoms with Gasteiger partial charge in [-0.05, 0) is 68.8 Å². The summed E-state index contributed by atoms with van der Waals surface area (Å²) in [6.07, 6.45) is -1.14. The number of hydrogen-bond donors (Lipinski definition) is 1. The van der Waals surface area contributed by atoms with E-state index in [0.29, 0.717) is 17.9 Å². The maximum Gasteiger partial charge on any atom is 0.417 e. The molecule has 0 amide bonds. The van der Waals surface area contributed by atoms with Crippen LogP contribution in [-0.4, -0.2) is 41.1 Å². The van der Waals surface area contributed by atoms with E-state index in [1.165, 1.54) is 25.0 Å². The summed E-state index contributed by atoms with van der Waals surface area (Å²) in [5.41, 5.74) is -1.20. The molecule has 1 aliphatic rings. The van der Waals surface area contributed by atoms with Crippen LogP contribution in [0.4, 0.5) is 13.2 Å². The van der Waals surface area contributed by atoms with E-state index < -0.39 is 22.7 Å². The van der Waals surface area contributed by atoms with Crippen LogP contribution >= 0.6 is 0 Å². The highest BCUT2D eigenvalue weighted by atomic mass is 19.4. The first-order valence-corrected chi connectivity index (χ1v) is 9.98. The van der Waals surface area contributed by atoms with Gasteiger partial charge >= 0.3 is 6.18 Å². The number of ether oxygens (including phenoxy) is 1. The van der Waals surface area contributed by atoms with Crippen LogP contribution < -0.4 is 10.3 Å². The Bertz CT molecular complexity index is 1070. The van der Waals surface area contributed by atoms with Crippen LogP contribution in [0.5, 0.6) is 5.75 Å². The Kier molecular flexibility index (Phi) is 5.76. The topological polar surface area (TPSA) is 58.2 Å². The molecule has 4 rings (SSSR count). The Morgan fingerprint density at radius 1 is 1.07 bits per heavy atom. The zero-order valence-corrected chi connectivity index (χ0v) is 16.3. The van der Waals surface area contributed by atoms with E-state index in [2.05, 4.69) is 14.9 Å². The van der Waals surface area contributed by atoms with Gasteiger partial charge in [0.2, 0.25) is 0 Å². The van der Waals surface area contributed by atoms with Crippen LogP contribution in [0.3, 0.4) is 0 Å². The van der Waals surface area contributed by atoms with Gasteiger partial charge in [0.05, 0.1) is 23.1 Å². The van der Waals surface area contributed by atoms with Crippen LogP contribution in [0.25, 0.3) is 22.3 Å². The SMILES string of the molecule is O=c1[nH]c(-c2ccc(OCCCN3CCCC3)cc2)nc2cccc(C(F)(F)F)c12. The molecule has 0 atom stereocenters. The highest BCUT2D eigenvalue weighted by molar-refractivity contribution is 5.83. The molecule has 1 aromatic heterocycles. The number of H-pyrrole nitrogens is 1. The predicted molar refractivity (Wildman–Crippen MR) is 109 cm³/mol. The van der Waals surface area contributed by atoms with E-state index in [9.17, 15) is 18.0 Å². The van der Waals surface area contributed by atoms with E-state index in [1.807, 2.05) is 0 Å². The van der Waals surface area contributed by atoms with Gasteiger partial charge in [-0.15, -0.1) is 0 Å². The van der Waals surface area contributed by atoms with Crippen molar-refractivity contribution in [3.05, 3.63) is 58.4 Å². The summed E-state index contributed by atoms with van der Waals surface area (Å²) in [5, 5.41) is -0.452. The van der Waals surface area contributed by atoms with Crippen molar-refractivity contribution >= 4 is 10.9 Å². The first kappa shape index (κ1) is 20.4. The molecular formula is C22H22F3N3O2. The number of halogens is 3. The van der Waals surface area contributed by atoms with Gasteiger partial charge in [0.15, 0.2) is 0 Å². The van der Waals surface area contributed by atoms with Crippen LogP contribution in [0, 0.1) is 0 Å². The molecule has 2 heterocycles. The van der Waals surface area contributed by atoms with Gasteiger partial charge in [0.1, 0.15) is 11.6 Å². The monoisotopic (exact) mass is 417 g/mol. The van der Waals surface area contributed by atoms with Crippen molar-refractivity contribution in [1.82, 2.24) is 14.9 Å². The summed E-state index contributed by atoms with van der Waals surface area (Å²) < 4.78 is 45.3. The fourth-order valence-corrected chi connectivity index (χ4v) is 3.76. The Labute approximate surface area is 171 Å². The second-order valence-corrected chi connectivity index (χ2v) is 7.39. The molecule has 5 nitrogen and oxygen atoms in total. The summed E-state index contributed by atoms with van der Waals surface area (Å²) in [5.74, 6) is 0.912. The average molecular weight is 417 g/mol. The quantitative estimate of drug-likeness (QED) is 0.601. The van der Waals surface area contributed by atoms with Crippen molar-refractivity contribution < 1.29 is 17.9 Å². The normalized spacial score (nSPS) is 15.0. The van der Waals surface area contributed by atoms with Gasteiger partial charge in [0.25, 0.3) is 5.56 Å². The van der Waals surface area contributed by atoms with E-state index in [-0.39, 0.29) is 11.3 Å². The molecule has 158 valence electrons. The first-order chi connectivity index (χ1) is 14.4. The number of aromatic amines is 1. The van der Waals surface area contributed by atoms with Gasteiger partial charge in [0, 0.05) is 12.1 Å². The van der Waals surface area contributed by atoms with Crippen LogP contribution in [0.15, 0.2) is 47.3 Å². The summed E-state index contributed by atoms with van der Waals surface area (Å²) in [4.78, 5) is 21.5. The van der Waals surface area contributed by atoms with Crippen molar-refractivity contribution in [2.75, 3.05) is 26.2 Å². The Balaban J connectivity index is 1.48. The third-order valence-electron chi connectivity index (χ3n) is 5.25. The number of nitrogens with one attached hydrogen (secondary N) is 1. The van der Waals surface area contributed by atoms with Gasteiger partial charge in [-0.2, -0.15) is 13.2 Å². The lowest BCUT2D eigenvalue weighted by Gasteiger charge is -2.14. The van der Waals surface area contributed by atoms with Crippen molar-refractivity contribution in [3.8, 4) is 17.1 Å². The molecule has 0 unspecified atom stereocenters. The molecule has 1 aliphatic heterocycles. The van der Waals surface area contributed by atoms with Gasteiger partial charge in [-0.1, -0.05) is 6.07 Å². The molecule has 8 heteroatoms. The maximum absolute atomic E-state index is 13.2. The first-order valence-electron chi connectivity index (χ1n) is 9.98.